The molecule has 3 amide bonds. The molecule has 2 N–H and O–H groups in total. The fourth-order valence-corrected chi connectivity index (χ4v) is 5.59. The summed E-state index contributed by atoms with van der Waals surface area (Å²) in [5.74, 6) is 0.311. The van der Waals surface area contributed by atoms with E-state index in [-0.39, 0.29) is 30.3 Å². The van der Waals surface area contributed by atoms with Crippen molar-refractivity contribution in [3.63, 3.8) is 0 Å². The van der Waals surface area contributed by atoms with Gasteiger partial charge in [-0.3, -0.25) is 14.6 Å². The van der Waals surface area contributed by atoms with Crippen LogP contribution in [-0.2, 0) is 22.7 Å². The molecule has 1 heterocycles. The van der Waals surface area contributed by atoms with Crippen molar-refractivity contribution in [3.8, 4) is 5.75 Å². The minimum atomic E-state index is -0.351. The smallest absolute Gasteiger partial charge is 0.332 e. The van der Waals surface area contributed by atoms with Gasteiger partial charge in [-0.15, -0.1) is 0 Å². The molecule has 0 aromatic heterocycles. The van der Waals surface area contributed by atoms with Crippen molar-refractivity contribution in [1.29, 1.82) is 0 Å². The Morgan fingerprint density at radius 2 is 1.57 bits per heavy atom. The van der Waals surface area contributed by atoms with E-state index in [0.717, 1.165) is 24.2 Å². The first-order valence-electron chi connectivity index (χ1n) is 16.3. The molecule has 0 radical (unpaired) electrons. The van der Waals surface area contributed by atoms with E-state index in [1.165, 1.54) is 37.4 Å². The Labute approximate surface area is 274 Å². The highest BCUT2D eigenvalue weighted by molar-refractivity contribution is 5.79. The van der Waals surface area contributed by atoms with Crippen molar-refractivity contribution < 1.29 is 19.5 Å². The van der Waals surface area contributed by atoms with E-state index in [0.29, 0.717) is 31.8 Å². The van der Waals surface area contributed by atoms with Crippen LogP contribution in [0.5, 0.6) is 5.75 Å². The van der Waals surface area contributed by atoms with Crippen LogP contribution >= 0.6 is 0 Å². The van der Waals surface area contributed by atoms with Crippen LogP contribution in [-0.4, -0.2) is 77.0 Å². The predicted octanol–water partition coefficient (Wildman–Crippen LogP) is 6.15. The zero-order chi connectivity index (χ0) is 33.5. The van der Waals surface area contributed by atoms with Crippen molar-refractivity contribution in [2.45, 2.75) is 72.5 Å². The summed E-state index contributed by atoms with van der Waals surface area (Å²) in [6.45, 7) is 10.7. The van der Waals surface area contributed by atoms with Gasteiger partial charge in [-0.1, -0.05) is 67.1 Å². The van der Waals surface area contributed by atoms with E-state index in [2.05, 4.69) is 34.5 Å². The molecule has 1 saturated heterocycles. The van der Waals surface area contributed by atoms with E-state index in [4.69, 9.17) is 5.11 Å². The Morgan fingerprint density at radius 1 is 0.913 bits per heavy atom. The van der Waals surface area contributed by atoms with Gasteiger partial charge in [-0.25, -0.2) is 9.80 Å². The average molecular weight is 630 g/mol. The number of amides is 3. The van der Waals surface area contributed by atoms with Crippen LogP contribution in [0.1, 0.15) is 63.1 Å². The summed E-state index contributed by atoms with van der Waals surface area (Å²) in [5.41, 5.74) is 4.42. The fraction of sp³-hybridized carbons (Fsp3) is 0.432. The number of likely N-dealkylation sites (N-methyl/N-ethyl adjacent to an activating group) is 1. The van der Waals surface area contributed by atoms with Crippen LogP contribution in [0.25, 0.3) is 0 Å². The lowest BCUT2D eigenvalue weighted by Gasteiger charge is -2.38. The average Bonchev–Trinajstić information content (AvgIpc) is 3.05. The number of piperidine rings is 1. The van der Waals surface area contributed by atoms with Gasteiger partial charge in [0.1, 0.15) is 11.5 Å². The Bertz CT molecular complexity index is 1360. The van der Waals surface area contributed by atoms with Crippen molar-refractivity contribution in [2.75, 3.05) is 38.1 Å². The summed E-state index contributed by atoms with van der Waals surface area (Å²) in [6, 6.07) is 24.6. The molecule has 1 atom stereocenters. The van der Waals surface area contributed by atoms with Crippen LogP contribution in [0.3, 0.4) is 0 Å². The number of hydrogen-bond acceptors (Lipinski definition) is 6. The Balaban J connectivity index is 0.000000625. The van der Waals surface area contributed by atoms with Crippen molar-refractivity contribution in [1.82, 2.24) is 20.2 Å². The molecule has 46 heavy (non-hydrogen) atoms. The van der Waals surface area contributed by atoms with E-state index in [9.17, 15) is 14.4 Å². The first-order chi connectivity index (χ1) is 22.1. The molecule has 3 aromatic rings. The number of urea groups is 1. The molecule has 1 unspecified atom stereocenters. The molecule has 4 rings (SSSR count). The van der Waals surface area contributed by atoms with Crippen LogP contribution in [0, 0.1) is 6.92 Å². The minimum Gasteiger partial charge on any atom is -0.508 e. The number of rotatable bonds is 12. The zero-order valence-electron chi connectivity index (χ0n) is 28.1. The second kappa shape index (κ2) is 18.6. The molecule has 1 aliphatic heterocycles. The van der Waals surface area contributed by atoms with E-state index >= 15 is 0 Å². The normalized spacial score (nSPS) is 13.3. The van der Waals surface area contributed by atoms with Gasteiger partial charge in [0.2, 0.25) is 5.91 Å². The quantitative estimate of drug-likeness (QED) is 0.233. The Morgan fingerprint density at radius 3 is 2.17 bits per heavy atom. The molecule has 9 heteroatoms. The largest absolute Gasteiger partial charge is 0.508 e. The molecule has 0 aliphatic carbocycles. The lowest BCUT2D eigenvalue weighted by atomic mass is 10.1. The highest BCUT2D eigenvalue weighted by Gasteiger charge is 2.28. The molecular formula is C37H51N5O4. The van der Waals surface area contributed by atoms with Gasteiger partial charge in [0.25, 0.3) is 0 Å². The molecule has 0 spiro atoms. The number of nitrogens with zero attached hydrogens (tertiary/aromatic N) is 4. The highest BCUT2D eigenvalue weighted by atomic mass is 16.3. The lowest BCUT2D eigenvalue weighted by Crippen LogP contribution is -2.57. The number of hydrogen-bond donors (Lipinski definition) is 2. The summed E-state index contributed by atoms with van der Waals surface area (Å²) in [6.07, 6.45) is 4.07. The number of hydrazine groups is 1. The van der Waals surface area contributed by atoms with Crippen molar-refractivity contribution in [2.24, 2.45) is 0 Å². The number of carbonyl (C=O) groups is 3. The monoisotopic (exact) mass is 629 g/mol. The van der Waals surface area contributed by atoms with Crippen molar-refractivity contribution >= 4 is 23.4 Å². The van der Waals surface area contributed by atoms with E-state index < -0.39 is 0 Å². The Hall–Kier alpha value is -4.37. The number of aromatic hydroxyl groups is 1. The number of phenols is 1. The van der Waals surface area contributed by atoms with Gasteiger partial charge in [-0.2, -0.15) is 0 Å². The van der Waals surface area contributed by atoms with Crippen LogP contribution in [0.2, 0.25) is 0 Å². The SMILES string of the molecule is CCC(=O)N(Cc1cccc(N2CCCCC2)c1)CC(C)N(C(=O)NCc1ccccc1)N(C)CC(C)=O.Cc1ccc(O)cc1. The van der Waals surface area contributed by atoms with Crippen molar-refractivity contribution in [3.05, 3.63) is 95.6 Å². The summed E-state index contributed by atoms with van der Waals surface area (Å²) >= 11 is 0. The molecule has 3 aromatic carbocycles. The number of nitrogens with one attached hydrogen (secondary N) is 1. The molecule has 0 bridgehead atoms. The molecule has 1 fully saturated rings. The number of ketones is 1. The fourth-order valence-electron chi connectivity index (χ4n) is 5.59. The second-order valence-electron chi connectivity index (χ2n) is 12.0. The van der Waals surface area contributed by atoms with Gasteiger partial charge in [0, 0.05) is 51.9 Å². The predicted molar refractivity (Wildman–Crippen MR) is 184 cm³/mol. The molecule has 1 aliphatic rings. The number of aryl methyl sites for hydroxylation is 1. The van der Waals surface area contributed by atoms with Crippen LogP contribution in [0.4, 0.5) is 10.5 Å². The number of anilines is 1. The second-order valence-corrected chi connectivity index (χ2v) is 12.0. The first kappa shape index (κ1) is 36.1. The molecule has 248 valence electrons. The maximum atomic E-state index is 13.3. The third-order valence-electron chi connectivity index (χ3n) is 7.91. The van der Waals surface area contributed by atoms with E-state index in [1.807, 2.05) is 68.1 Å². The lowest BCUT2D eigenvalue weighted by molar-refractivity contribution is -0.133. The first-order valence-corrected chi connectivity index (χ1v) is 16.3. The molecule has 9 nitrogen and oxygen atoms in total. The van der Waals surface area contributed by atoms with Crippen LogP contribution in [0.15, 0.2) is 78.9 Å². The van der Waals surface area contributed by atoms with Crippen LogP contribution < -0.4 is 10.2 Å². The summed E-state index contributed by atoms with van der Waals surface area (Å²) in [5, 5.41) is 14.9. The topological polar surface area (TPSA) is 96.4 Å². The maximum absolute atomic E-state index is 13.3. The van der Waals surface area contributed by atoms with Gasteiger partial charge >= 0.3 is 6.03 Å². The van der Waals surface area contributed by atoms with Gasteiger partial charge in [-0.05, 0) is 75.4 Å². The maximum Gasteiger partial charge on any atom is 0.332 e. The zero-order valence-corrected chi connectivity index (χ0v) is 28.1. The standard InChI is InChI=1S/C30H43N5O3.C7H8O/c1-5-29(37)34(23-27-15-12-16-28(19-27)33-17-10-7-11-18-33)21-24(2)35(32(4)22-25(3)36)30(38)31-20-26-13-8-6-9-14-26;1-6-2-4-7(8)5-3-6/h6,8-9,12-16,19,24H,5,7,10-11,17-18,20-23H2,1-4H3,(H,31,38);2-5,8H,1H3. The number of phenolic OH excluding ortho intramolecular Hbond substituents is 1. The van der Waals surface area contributed by atoms with Gasteiger partial charge in [0.05, 0.1) is 12.6 Å². The highest BCUT2D eigenvalue weighted by Crippen LogP contribution is 2.22. The number of carbonyl (C=O) groups excluding carboxylic acids is 3. The van der Waals surface area contributed by atoms with Gasteiger partial charge < -0.3 is 20.2 Å². The summed E-state index contributed by atoms with van der Waals surface area (Å²) in [4.78, 5) is 42.5. The molecule has 0 saturated carbocycles. The minimum absolute atomic E-state index is 0.0269. The van der Waals surface area contributed by atoms with Gasteiger partial charge in [0.15, 0.2) is 0 Å². The Kier molecular flexibility index (Phi) is 14.6. The summed E-state index contributed by atoms with van der Waals surface area (Å²) < 4.78 is 0. The molecular weight excluding hydrogens is 578 g/mol. The number of Topliss-reactive ketones (excluding diaryl/α,β-unsaturated/α-hetero) is 1. The summed E-state index contributed by atoms with van der Waals surface area (Å²) in [7, 11) is 1.73. The number of benzene rings is 3. The third-order valence-corrected chi connectivity index (χ3v) is 7.91. The third kappa shape index (κ3) is 11.9. The van der Waals surface area contributed by atoms with E-state index in [1.54, 1.807) is 29.2 Å².